The van der Waals surface area contributed by atoms with E-state index < -0.39 is 66.6 Å². The van der Waals surface area contributed by atoms with Gasteiger partial charge in [0.2, 0.25) is 5.91 Å². The molecule has 31 heavy (non-hydrogen) atoms. The Labute approximate surface area is 179 Å². The summed E-state index contributed by atoms with van der Waals surface area (Å²) in [6, 6.07) is -1.13. The Morgan fingerprint density at radius 1 is 1.10 bits per heavy atom. The van der Waals surface area contributed by atoms with Gasteiger partial charge in [-0.05, 0) is 26.3 Å². The fourth-order valence-corrected chi connectivity index (χ4v) is 2.86. The standard InChI is InChI=1S/C18H28N4O9/c1-9(23)20-14-16(29-11(3)25)15(28-8-13(26)31-18(4,5)6)12(7-27-10(2)24)30-17(14)21-22-19/h12,14-17H,7-8H2,1-6H3,(H,20,23)/t12?,14?,15-,16-,17-/m1/s1. The summed E-state index contributed by atoms with van der Waals surface area (Å²) < 4.78 is 26.8. The number of nitrogens with one attached hydrogen (secondary N) is 1. The normalized spacial score (nSPS) is 25.5. The summed E-state index contributed by atoms with van der Waals surface area (Å²) in [7, 11) is 0. The molecule has 1 saturated heterocycles. The van der Waals surface area contributed by atoms with Crippen LogP contribution in [0.25, 0.3) is 10.4 Å². The highest BCUT2D eigenvalue weighted by Crippen LogP contribution is 2.28. The molecular formula is C18H28N4O9. The lowest BCUT2D eigenvalue weighted by molar-refractivity contribution is -0.226. The molecule has 2 unspecified atom stereocenters. The number of rotatable bonds is 8. The third-order valence-electron chi connectivity index (χ3n) is 3.77. The predicted octanol–water partition coefficient (Wildman–Crippen LogP) is 0.748. The molecule has 5 atom stereocenters. The van der Waals surface area contributed by atoms with Crippen molar-refractivity contribution in [2.45, 2.75) is 77.7 Å². The van der Waals surface area contributed by atoms with Crippen molar-refractivity contribution < 1.29 is 42.9 Å². The number of ether oxygens (including phenoxy) is 5. The Morgan fingerprint density at radius 3 is 2.23 bits per heavy atom. The average Bonchev–Trinajstić information content (AvgIpc) is 2.59. The van der Waals surface area contributed by atoms with Crippen LogP contribution in [0.15, 0.2) is 5.11 Å². The fraction of sp³-hybridized carbons (Fsp3) is 0.778. The van der Waals surface area contributed by atoms with Crippen molar-refractivity contribution in [3.05, 3.63) is 10.4 Å². The van der Waals surface area contributed by atoms with Gasteiger partial charge in [0.1, 0.15) is 37.1 Å². The Kier molecular flexibility index (Phi) is 9.69. The summed E-state index contributed by atoms with van der Waals surface area (Å²) in [4.78, 5) is 49.5. The first kappa shape index (κ1) is 26.1. The Morgan fingerprint density at radius 2 is 1.74 bits per heavy atom. The molecule has 0 aromatic heterocycles. The minimum atomic E-state index is -1.31. The Bertz CT molecular complexity index is 730. The smallest absolute Gasteiger partial charge is 0.332 e. The highest BCUT2D eigenvalue weighted by Gasteiger charge is 2.49. The third-order valence-corrected chi connectivity index (χ3v) is 3.77. The van der Waals surface area contributed by atoms with Crippen molar-refractivity contribution in [2.24, 2.45) is 5.11 Å². The van der Waals surface area contributed by atoms with E-state index >= 15 is 0 Å². The number of azide groups is 1. The van der Waals surface area contributed by atoms with Crippen LogP contribution in [0.4, 0.5) is 0 Å². The third kappa shape index (κ3) is 9.20. The maximum absolute atomic E-state index is 12.1. The van der Waals surface area contributed by atoms with E-state index in [1.54, 1.807) is 20.8 Å². The van der Waals surface area contributed by atoms with Gasteiger partial charge in [0, 0.05) is 25.7 Å². The van der Waals surface area contributed by atoms with Crippen LogP contribution < -0.4 is 5.32 Å². The number of hydrogen-bond acceptors (Lipinski definition) is 10. The minimum Gasteiger partial charge on any atom is -0.463 e. The molecule has 1 aliphatic rings. The molecule has 1 fully saturated rings. The van der Waals surface area contributed by atoms with Gasteiger partial charge in [-0.1, -0.05) is 5.11 Å². The van der Waals surface area contributed by atoms with Crippen LogP contribution >= 0.6 is 0 Å². The van der Waals surface area contributed by atoms with E-state index in [1.165, 1.54) is 13.8 Å². The maximum Gasteiger partial charge on any atom is 0.332 e. The lowest BCUT2D eigenvalue weighted by atomic mass is 9.95. The van der Waals surface area contributed by atoms with Crippen molar-refractivity contribution in [3.63, 3.8) is 0 Å². The zero-order valence-electron chi connectivity index (χ0n) is 18.3. The quantitative estimate of drug-likeness (QED) is 0.186. The predicted molar refractivity (Wildman–Crippen MR) is 103 cm³/mol. The molecule has 174 valence electrons. The summed E-state index contributed by atoms with van der Waals surface area (Å²) in [6.07, 6.45) is -4.79. The van der Waals surface area contributed by atoms with E-state index in [9.17, 15) is 19.2 Å². The van der Waals surface area contributed by atoms with Crippen molar-refractivity contribution in [1.29, 1.82) is 0 Å². The molecule has 0 aromatic rings. The molecule has 1 N–H and O–H groups in total. The van der Waals surface area contributed by atoms with Crippen LogP contribution in [-0.4, -0.2) is 73.2 Å². The van der Waals surface area contributed by atoms with Crippen LogP contribution in [-0.2, 0) is 42.9 Å². The molecule has 13 nitrogen and oxygen atoms in total. The number of amides is 1. The molecule has 0 saturated carbocycles. The summed E-state index contributed by atoms with van der Waals surface area (Å²) in [5.41, 5.74) is 8.11. The molecule has 0 aliphatic carbocycles. The molecule has 0 spiro atoms. The Hall–Kier alpha value is -2.89. The monoisotopic (exact) mass is 444 g/mol. The first-order valence-electron chi connectivity index (χ1n) is 9.45. The molecule has 1 aliphatic heterocycles. The average molecular weight is 444 g/mol. The van der Waals surface area contributed by atoms with Crippen LogP contribution in [0.3, 0.4) is 0 Å². The molecule has 1 amide bonds. The summed E-state index contributed by atoms with van der Waals surface area (Å²) >= 11 is 0. The molecule has 1 rings (SSSR count). The van der Waals surface area contributed by atoms with Gasteiger partial charge in [-0.15, -0.1) is 0 Å². The van der Waals surface area contributed by atoms with Gasteiger partial charge in [-0.3, -0.25) is 14.4 Å². The minimum absolute atomic E-state index is 0.351. The number of carbonyl (C=O) groups is 4. The molecule has 0 radical (unpaired) electrons. The SMILES string of the molecule is CC(=O)NC1[C@H](N=[N+]=[N-])OC(COC(C)=O)[C@@H](OCC(=O)OC(C)(C)C)[C@@H]1OC(C)=O. The Balaban J connectivity index is 3.24. The first-order valence-corrected chi connectivity index (χ1v) is 9.45. The zero-order valence-corrected chi connectivity index (χ0v) is 18.3. The largest absolute Gasteiger partial charge is 0.463 e. The van der Waals surface area contributed by atoms with Crippen molar-refractivity contribution in [3.8, 4) is 0 Å². The van der Waals surface area contributed by atoms with Gasteiger partial charge >= 0.3 is 17.9 Å². The van der Waals surface area contributed by atoms with Gasteiger partial charge in [0.15, 0.2) is 12.3 Å². The van der Waals surface area contributed by atoms with Crippen LogP contribution in [0.1, 0.15) is 41.5 Å². The fourth-order valence-electron chi connectivity index (χ4n) is 2.86. The van der Waals surface area contributed by atoms with Crippen LogP contribution in [0.2, 0.25) is 0 Å². The number of esters is 3. The van der Waals surface area contributed by atoms with Gasteiger partial charge in [-0.2, -0.15) is 0 Å². The highest BCUT2D eigenvalue weighted by molar-refractivity contribution is 5.73. The molecule has 0 aromatic carbocycles. The van der Waals surface area contributed by atoms with Gasteiger partial charge in [0.05, 0.1) is 0 Å². The lowest BCUT2D eigenvalue weighted by Crippen LogP contribution is -2.65. The second-order valence-corrected chi connectivity index (χ2v) is 7.74. The second kappa shape index (κ2) is 11.5. The lowest BCUT2D eigenvalue weighted by Gasteiger charge is -2.44. The molecular weight excluding hydrogens is 416 g/mol. The van der Waals surface area contributed by atoms with Crippen molar-refractivity contribution in [1.82, 2.24) is 5.32 Å². The van der Waals surface area contributed by atoms with Gasteiger partial charge < -0.3 is 29.0 Å². The van der Waals surface area contributed by atoms with E-state index in [0.29, 0.717) is 0 Å². The van der Waals surface area contributed by atoms with Gasteiger partial charge in [0.25, 0.3) is 0 Å². The highest BCUT2D eigenvalue weighted by atomic mass is 16.6. The van der Waals surface area contributed by atoms with Crippen LogP contribution in [0, 0.1) is 0 Å². The van der Waals surface area contributed by atoms with E-state index in [4.69, 9.17) is 29.2 Å². The second-order valence-electron chi connectivity index (χ2n) is 7.74. The zero-order chi connectivity index (χ0) is 23.8. The van der Waals surface area contributed by atoms with Crippen LogP contribution in [0.5, 0.6) is 0 Å². The van der Waals surface area contributed by atoms with E-state index in [2.05, 4.69) is 15.3 Å². The number of carbonyl (C=O) groups excluding carboxylic acids is 4. The van der Waals surface area contributed by atoms with E-state index in [1.807, 2.05) is 0 Å². The maximum atomic E-state index is 12.1. The summed E-state index contributed by atoms with van der Waals surface area (Å²) in [5, 5.41) is 6.00. The van der Waals surface area contributed by atoms with Crippen molar-refractivity contribution >= 4 is 23.8 Å². The molecule has 13 heteroatoms. The topological polar surface area (TPSA) is 175 Å². The van der Waals surface area contributed by atoms with Crippen molar-refractivity contribution in [2.75, 3.05) is 13.2 Å². The summed E-state index contributed by atoms with van der Waals surface area (Å²) in [6.45, 7) is 7.66. The molecule has 1 heterocycles. The number of hydrogen-bond donors (Lipinski definition) is 1. The van der Waals surface area contributed by atoms with E-state index in [0.717, 1.165) is 6.92 Å². The van der Waals surface area contributed by atoms with E-state index in [-0.39, 0.29) is 6.61 Å². The molecule has 0 bridgehead atoms. The number of nitrogens with zero attached hydrogens (tertiary/aromatic N) is 3. The first-order chi connectivity index (χ1) is 14.3. The summed E-state index contributed by atoms with van der Waals surface area (Å²) in [5.74, 6) is -2.57. The van der Waals surface area contributed by atoms with Gasteiger partial charge in [-0.25, -0.2) is 4.79 Å².